The smallest absolute Gasteiger partial charge is 0.306 e. The molecule has 1 rings (SSSR count). The largest absolute Gasteiger partial charge is 0.481 e. The molecular weight excluding hydrogens is 196 g/mol. The van der Waals surface area contributed by atoms with Gasteiger partial charge >= 0.3 is 11.9 Å². The molecule has 0 aromatic rings. The van der Waals surface area contributed by atoms with E-state index in [1.165, 1.54) is 0 Å². The number of aliphatic carboxylic acids is 1. The van der Waals surface area contributed by atoms with Crippen LogP contribution in [0.2, 0.25) is 0 Å². The minimum absolute atomic E-state index is 0.0787. The first kappa shape index (κ1) is 12.0. The molecule has 0 unspecified atom stereocenters. The van der Waals surface area contributed by atoms with Gasteiger partial charge in [-0.25, -0.2) is 0 Å². The third-order valence-corrected chi connectivity index (χ3v) is 3.11. The number of carboxylic acids is 1. The van der Waals surface area contributed by atoms with Crippen molar-refractivity contribution in [1.82, 2.24) is 0 Å². The second-order valence-corrected chi connectivity index (χ2v) is 4.23. The number of esters is 1. The Bertz CT molecular complexity index is 243. The van der Waals surface area contributed by atoms with Crippen LogP contribution in [0, 0.1) is 5.41 Å². The fourth-order valence-electron chi connectivity index (χ4n) is 2.08. The normalized spacial score (nSPS) is 17.9. The molecule has 4 heteroatoms. The van der Waals surface area contributed by atoms with E-state index in [-0.39, 0.29) is 17.8 Å². The number of ether oxygens (including phenoxy) is 1. The monoisotopic (exact) mass is 214 g/mol. The van der Waals surface area contributed by atoms with E-state index < -0.39 is 5.97 Å². The molecular formula is C11H18O4. The molecule has 1 N–H and O–H groups in total. The molecule has 4 nitrogen and oxygen atoms in total. The van der Waals surface area contributed by atoms with E-state index in [0.29, 0.717) is 19.4 Å². The van der Waals surface area contributed by atoms with Gasteiger partial charge in [0.15, 0.2) is 0 Å². The van der Waals surface area contributed by atoms with Crippen molar-refractivity contribution in [2.24, 2.45) is 5.41 Å². The predicted molar refractivity (Wildman–Crippen MR) is 54.4 cm³/mol. The van der Waals surface area contributed by atoms with Gasteiger partial charge in [-0.2, -0.15) is 0 Å². The van der Waals surface area contributed by atoms with Gasteiger partial charge in [-0.3, -0.25) is 9.59 Å². The van der Waals surface area contributed by atoms with E-state index in [4.69, 9.17) is 9.84 Å². The van der Waals surface area contributed by atoms with Crippen LogP contribution in [0.25, 0.3) is 0 Å². The molecule has 1 aliphatic carbocycles. The zero-order chi connectivity index (χ0) is 11.3. The summed E-state index contributed by atoms with van der Waals surface area (Å²) in [6.45, 7) is 2.18. The maximum atomic E-state index is 11.3. The zero-order valence-electron chi connectivity index (χ0n) is 9.12. The van der Waals surface area contributed by atoms with Gasteiger partial charge in [0.1, 0.15) is 0 Å². The number of carbonyl (C=O) groups excluding carboxylic acids is 1. The van der Waals surface area contributed by atoms with Gasteiger partial charge in [-0.05, 0) is 31.6 Å². The predicted octanol–water partition coefficient (Wildman–Crippen LogP) is 1.97. The van der Waals surface area contributed by atoms with E-state index in [1.54, 1.807) is 6.92 Å². The molecule has 0 radical (unpaired) electrons. The summed E-state index contributed by atoms with van der Waals surface area (Å²) >= 11 is 0. The SMILES string of the molecule is CCOC(=O)CC1(CCC(=O)O)CCC1. The lowest BCUT2D eigenvalue weighted by Gasteiger charge is -2.41. The summed E-state index contributed by atoms with van der Waals surface area (Å²) in [6.07, 6.45) is 4.14. The average molecular weight is 214 g/mol. The van der Waals surface area contributed by atoms with E-state index >= 15 is 0 Å². The van der Waals surface area contributed by atoms with Crippen molar-refractivity contribution in [3.63, 3.8) is 0 Å². The maximum absolute atomic E-state index is 11.3. The van der Waals surface area contributed by atoms with E-state index in [9.17, 15) is 9.59 Å². The minimum Gasteiger partial charge on any atom is -0.481 e. The number of rotatable bonds is 6. The van der Waals surface area contributed by atoms with Crippen molar-refractivity contribution >= 4 is 11.9 Å². The molecule has 0 amide bonds. The fourth-order valence-corrected chi connectivity index (χ4v) is 2.08. The first-order valence-corrected chi connectivity index (χ1v) is 5.45. The Hall–Kier alpha value is -1.06. The summed E-state index contributed by atoms with van der Waals surface area (Å²) in [5.74, 6) is -0.979. The van der Waals surface area contributed by atoms with Crippen molar-refractivity contribution < 1.29 is 19.4 Å². The van der Waals surface area contributed by atoms with Gasteiger partial charge in [0.05, 0.1) is 13.0 Å². The van der Waals surface area contributed by atoms with Crippen LogP contribution in [0.3, 0.4) is 0 Å². The summed E-state index contributed by atoms with van der Waals surface area (Å²) in [4.78, 5) is 21.8. The Morgan fingerprint density at radius 2 is 2.07 bits per heavy atom. The van der Waals surface area contributed by atoms with Crippen LogP contribution in [-0.2, 0) is 14.3 Å². The van der Waals surface area contributed by atoms with Crippen LogP contribution in [-0.4, -0.2) is 23.7 Å². The highest BCUT2D eigenvalue weighted by Crippen LogP contribution is 2.47. The van der Waals surface area contributed by atoms with Crippen LogP contribution in [0.1, 0.15) is 45.4 Å². The average Bonchev–Trinajstić information content (AvgIpc) is 2.09. The van der Waals surface area contributed by atoms with Crippen molar-refractivity contribution in [3.8, 4) is 0 Å². The minimum atomic E-state index is -0.787. The highest BCUT2D eigenvalue weighted by atomic mass is 16.5. The third kappa shape index (κ3) is 3.53. The fraction of sp³-hybridized carbons (Fsp3) is 0.818. The second-order valence-electron chi connectivity index (χ2n) is 4.23. The summed E-state index contributed by atoms with van der Waals surface area (Å²) in [5.41, 5.74) is -0.0787. The van der Waals surface area contributed by atoms with Crippen molar-refractivity contribution in [2.75, 3.05) is 6.61 Å². The molecule has 15 heavy (non-hydrogen) atoms. The number of carbonyl (C=O) groups is 2. The second kappa shape index (κ2) is 5.14. The highest BCUT2D eigenvalue weighted by Gasteiger charge is 2.39. The number of hydrogen-bond acceptors (Lipinski definition) is 3. The Balaban J connectivity index is 2.39. The quantitative estimate of drug-likeness (QED) is 0.686. The van der Waals surface area contributed by atoms with Crippen LogP contribution in [0.15, 0.2) is 0 Å². The van der Waals surface area contributed by atoms with Gasteiger partial charge in [0, 0.05) is 6.42 Å². The van der Waals surface area contributed by atoms with Crippen molar-refractivity contribution in [2.45, 2.75) is 45.4 Å². The first-order valence-electron chi connectivity index (χ1n) is 5.45. The molecule has 1 aliphatic rings. The molecule has 0 aromatic carbocycles. The topological polar surface area (TPSA) is 63.6 Å². The van der Waals surface area contributed by atoms with Gasteiger partial charge in [-0.15, -0.1) is 0 Å². The molecule has 86 valence electrons. The van der Waals surface area contributed by atoms with Gasteiger partial charge < -0.3 is 9.84 Å². The number of carboxylic acid groups (broad SMARTS) is 1. The van der Waals surface area contributed by atoms with E-state index in [1.807, 2.05) is 0 Å². The van der Waals surface area contributed by atoms with Gasteiger partial charge in [-0.1, -0.05) is 6.42 Å². The molecule has 0 bridgehead atoms. The number of hydrogen-bond donors (Lipinski definition) is 1. The first-order chi connectivity index (χ1) is 7.08. The Kier molecular flexibility index (Phi) is 4.12. The van der Waals surface area contributed by atoms with Crippen LogP contribution in [0.4, 0.5) is 0 Å². The lowest BCUT2D eigenvalue weighted by atomic mass is 9.64. The molecule has 0 aliphatic heterocycles. The molecule has 0 aromatic heterocycles. The van der Waals surface area contributed by atoms with Crippen LogP contribution < -0.4 is 0 Å². The Morgan fingerprint density at radius 3 is 2.47 bits per heavy atom. The van der Waals surface area contributed by atoms with E-state index in [0.717, 1.165) is 19.3 Å². The third-order valence-electron chi connectivity index (χ3n) is 3.11. The van der Waals surface area contributed by atoms with Crippen molar-refractivity contribution in [3.05, 3.63) is 0 Å². The standard InChI is InChI=1S/C11H18O4/c1-2-15-10(14)8-11(5-3-6-11)7-4-9(12)13/h2-8H2,1H3,(H,12,13). The van der Waals surface area contributed by atoms with Crippen LogP contribution >= 0.6 is 0 Å². The Labute approximate surface area is 89.6 Å². The maximum Gasteiger partial charge on any atom is 0.306 e. The molecule has 0 heterocycles. The van der Waals surface area contributed by atoms with Gasteiger partial charge in [0.25, 0.3) is 0 Å². The molecule has 1 fully saturated rings. The molecule has 0 atom stereocenters. The molecule has 1 saturated carbocycles. The van der Waals surface area contributed by atoms with Gasteiger partial charge in [0.2, 0.25) is 0 Å². The molecule has 0 spiro atoms. The zero-order valence-corrected chi connectivity index (χ0v) is 9.12. The lowest BCUT2D eigenvalue weighted by Crippen LogP contribution is -2.33. The Morgan fingerprint density at radius 1 is 1.40 bits per heavy atom. The highest BCUT2D eigenvalue weighted by molar-refractivity contribution is 5.71. The summed E-state index contributed by atoms with van der Waals surface area (Å²) in [7, 11) is 0. The lowest BCUT2D eigenvalue weighted by molar-refractivity contribution is -0.149. The van der Waals surface area contributed by atoms with Crippen LogP contribution in [0.5, 0.6) is 0 Å². The summed E-state index contributed by atoms with van der Waals surface area (Å²) in [5, 5.41) is 8.62. The van der Waals surface area contributed by atoms with Crippen molar-refractivity contribution in [1.29, 1.82) is 0 Å². The summed E-state index contributed by atoms with van der Waals surface area (Å²) in [6, 6.07) is 0. The van der Waals surface area contributed by atoms with E-state index in [2.05, 4.69) is 0 Å². The summed E-state index contributed by atoms with van der Waals surface area (Å²) < 4.78 is 4.89. The molecule has 0 saturated heterocycles.